The third kappa shape index (κ3) is 5.99. The van der Waals surface area contributed by atoms with Crippen molar-refractivity contribution in [1.82, 2.24) is 9.97 Å². The lowest BCUT2D eigenvalue weighted by Crippen LogP contribution is -2.05. The van der Waals surface area contributed by atoms with Crippen LogP contribution in [0, 0.1) is 0 Å². The number of aryl methyl sites for hydroxylation is 1. The van der Waals surface area contributed by atoms with Gasteiger partial charge < -0.3 is 15.0 Å². The number of nitrogens with one attached hydrogen (secondary N) is 2. The third-order valence-corrected chi connectivity index (χ3v) is 4.26. The summed E-state index contributed by atoms with van der Waals surface area (Å²) in [5, 5.41) is 3.37. The van der Waals surface area contributed by atoms with Gasteiger partial charge in [-0.25, -0.2) is 4.98 Å². The third-order valence-electron chi connectivity index (χ3n) is 4.26. The fraction of sp³-hybridized carbons (Fsp3) is 0.273. The Labute approximate surface area is 159 Å². The van der Waals surface area contributed by atoms with Gasteiger partial charge in [-0.2, -0.15) is 0 Å². The van der Waals surface area contributed by atoms with Crippen molar-refractivity contribution in [2.24, 2.45) is 0 Å². The standard InChI is InChI=1S/C22H25N3O2/c1-2-27-22(26)13-10-17-8-11-19(12-9-17)23-16-21-24-15-20(25-21)14-18-6-4-3-5-7-18/h3-9,11-12,15,23H,2,10,13-14,16H2,1H3,(H,24,25). The first-order valence-electron chi connectivity index (χ1n) is 9.28. The lowest BCUT2D eigenvalue weighted by molar-refractivity contribution is -0.143. The van der Waals surface area contributed by atoms with E-state index in [1.165, 1.54) is 5.56 Å². The van der Waals surface area contributed by atoms with E-state index in [1.807, 2.05) is 55.6 Å². The van der Waals surface area contributed by atoms with E-state index in [0.717, 1.165) is 29.2 Å². The molecule has 0 amide bonds. The molecule has 0 bridgehead atoms. The minimum absolute atomic E-state index is 0.149. The van der Waals surface area contributed by atoms with Crippen molar-refractivity contribution in [2.75, 3.05) is 11.9 Å². The Morgan fingerprint density at radius 3 is 2.59 bits per heavy atom. The number of ether oxygens (including phenoxy) is 1. The summed E-state index contributed by atoms with van der Waals surface area (Å²) in [5.41, 5.74) is 4.51. The predicted octanol–water partition coefficient (Wildman–Crippen LogP) is 4.11. The van der Waals surface area contributed by atoms with E-state index >= 15 is 0 Å². The van der Waals surface area contributed by atoms with Crippen LogP contribution in [0.5, 0.6) is 0 Å². The van der Waals surface area contributed by atoms with Gasteiger partial charge in [0.05, 0.1) is 13.2 Å². The zero-order valence-corrected chi connectivity index (χ0v) is 15.6. The summed E-state index contributed by atoms with van der Waals surface area (Å²) in [6.45, 7) is 2.89. The number of hydrogen-bond acceptors (Lipinski definition) is 4. The molecule has 0 radical (unpaired) electrons. The highest BCUT2D eigenvalue weighted by Gasteiger charge is 2.04. The highest BCUT2D eigenvalue weighted by atomic mass is 16.5. The molecular weight excluding hydrogens is 338 g/mol. The fourth-order valence-electron chi connectivity index (χ4n) is 2.86. The average Bonchev–Trinajstić information content (AvgIpc) is 3.14. The number of imidazole rings is 1. The number of carbonyl (C=O) groups is 1. The highest BCUT2D eigenvalue weighted by molar-refractivity contribution is 5.69. The molecule has 0 aliphatic rings. The number of aromatic nitrogens is 2. The van der Waals surface area contributed by atoms with Gasteiger partial charge in [0.1, 0.15) is 5.82 Å². The van der Waals surface area contributed by atoms with E-state index in [9.17, 15) is 4.79 Å². The first-order chi connectivity index (χ1) is 13.2. The Balaban J connectivity index is 1.47. The average molecular weight is 363 g/mol. The summed E-state index contributed by atoms with van der Waals surface area (Å²) in [6, 6.07) is 18.4. The van der Waals surface area contributed by atoms with Crippen LogP contribution in [-0.2, 0) is 28.9 Å². The molecule has 0 aliphatic carbocycles. The van der Waals surface area contributed by atoms with Crippen LogP contribution < -0.4 is 5.32 Å². The number of carbonyl (C=O) groups excluding carboxylic acids is 1. The van der Waals surface area contributed by atoms with Crippen molar-refractivity contribution in [2.45, 2.75) is 32.7 Å². The number of rotatable bonds is 9. The molecule has 140 valence electrons. The van der Waals surface area contributed by atoms with Crippen molar-refractivity contribution < 1.29 is 9.53 Å². The fourth-order valence-corrected chi connectivity index (χ4v) is 2.86. The second-order valence-electron chi connectivity index (χ2n) is 6.37. The van der Waals surface area contributed by atoms with Gasteiger partial charge in [0.2, 0.25) is 0 Å². The molecule has 5 nitrogen and oxygen atoms in total. The number of esters is 1. The molecule has 0 saturated heterocycles. The molecule has 0 spiro atoms. The Bertz CT molecular complexity index is 842. The second kappa shape index (κ2) is 9.57. The quantitative estimate of drug-likeness (QED) is 0.562. The minimum Gasteiger partial charge on any atom is -0.466 e. The summed E-state index contributed by atoms with van der Waals surface area (Å²) in [6.07, 6.45) is 3.85. The van der Waals surface area contributed by atoms with Crippen molar-refractivity contribution >= 4 is 11.7 Å². The summed E-state index contributed by atoms with van der Waals surface area (Å²) < 4.78 is 4.95. The van der Waals surface area contributed by atoms with Gasteiger partial charge >= 0.3 is 5.97 Å². The van der Waals surface area contributed by atoms with E-state index in [1.54, 1.807) is 0 Å². The molecule has 3 rings (SSSR count). The second-order valence-corrected chi connectivity index (χ2v) is 6.37. The van der Waals surface area contributed by atoms with Crippen LogP contribution >= 0.6 is 0 Å². The molecule has 2 N–H and O–H groups in total. The Kier molecular flexibility index (Phi) is 6.63. The Hall–Kier alpha value is -3.08. The molecule has 0 unspecified atom stereocenters. The van der Waals surface area contributed by atoms with E-state index < -0.39 is 0 Å². The van der Waals surface area contributed by atoms with Crippen molar-refractivity contribution in [3.63, 3.8) is 0 Å². The van der Waals surface area contributed by atoms with Gasteiger partial charge in [0.25, 0.3) is 0 Å². The van der Waals surface area contributed by atoms with Gasteiger partial charge in [-0.3, -0.25) is 4.79 Å². The number of anilines is 1. The number of aromatic amines is 1. The number of benzene rings is 2. The van der Waals surface area contributed by atoms with E-state index in [2.05, 4.69) is 27.4 Å². The SMILES string of the molecule is CCOC(=O)CCc1ccc(NCc2ncc(Cc3ccccc3)[nH]2)cc1. The highest BCUT2D eigenvalue weighted by Crippen LogP contribution is 2.13. The van der Waals surface area contributed by atoms with Crippen LogP contribution in [0.3, 0.4) is 0 Å². The monoisotopic (exact) mass is 363 g/mol. The normalized spacial score (nSPS) is 10.6. The van der Waals surface area contributed by atoms with Gasteiger partial charge in [-0.15, -0.1) is 0 Å². The van der Waals surface area contributed by atoms with Crippen LogP contribution in [0.25, 0.3) is 0 Å². The number of nitrogens with zero attached hydrogens (tertiary/aromatic N) is 1. The molecular formula is C22H25N3O2. The van der Waals surface area contributed by atoms with Crippen molar-refractivity contribution in [3.8, 4) is 0 Å². The molecule has 0 aliphatic heterocycles. The van der Waals surface area contributed by atoms with Gasteiger partial charge in [-0.1, -0.05) is 42.5 Å². The molecule has 0 atom stereocenters. The summed E-state index contributed by atoms with van der Waals surface area (Å²) in [5.74, 6) is 0.760. The molecule has 5 heteroatoms. The molecule has 27 heavy (non-hydrogen) atoms. The van der Waals surface area contributed by atoms with Gasteiger partial charge in [0.15, 0.2) is 0 Å². The van der Waals surface area contributed by atoms with E-state index in [0.29, 0.717) is 26.0 Å². The van der Waals surface area contributed by atoms with E-state index in [4.69, 9.17) is 4.74 Å². The minimum atomic E-state index is -0.149. The predicted molar refractivity (Wildman–Crippen MR) is 107 cm³/mol. The van der Waals surface area contributed by atoms with Crippen LogP contribution in [0.2, 0.25) is 0 Å². The van der Waals surface area contributed by atoms with Crippen LogP contribution in [0.4, 0.5) is 5.69 Å². The van der Waals surface area contributed by atoms with Gasteiger partial charge in [0, 0.05) is 30.4 Å². The summed E-state index contributed by atoms with van der Waals surface area (Å²) in [7, 11) is 0. The van der Waals surface area contributed by atoms with Crippen LogP contribution in [0.15, 0.2) is 60.8 Å². The maximum Gasteiger partial charge on any atom is 0.306 e. The first kappa shape index (κ1) is 18.7. The molecule has 2 aromatic carbocycles. The van der Waals surface area contributed by atoms with Crippen molar-refractivity contribution in [1.29, 1.82) is 0 Å². The zero-order valence-electron chi connectivity index (χ0n) is 15.6. The summed E-state index contributed by atoms with van der Waals surface area (Å²) >= 11 is 0. The molecule has 0 fully saturated rings. The Morgan fingerprint density at radius 1 is 1.07 bits per heavy atom. The topological polar surface area (TPSA) is 67.0 Å². The lowest BCUT2D eigenvalue weighted by atomic mass is 10.1. The first-order valence-corrected chi connectivity index (χ1v) is 9.28. The molecule has 0 saturated carbocycles. The molecule has 1 aromatic heterocycles. The Morgan fingerprint density at radius 2 is 1.85 bits per heavy atom. The smallest absolute Gasteiger partial charge is 0.306 e. The van der Waals surface area contributed by atoms with Crippen molar-refractivity contribution in [3.05, 3.63) is 83.4 Å². The summed E-state index contributed by atoms with van der Waals surface area (Å²) in [4.78, 5) is 19.2. The molecule has 1 heterocycles. The van der Waals surface area contributed by atoms with Gasteiger partial charge in [-0.05, 0) is 36.6 Å². The lowest BCUT2D eigenvalue weighted by Gasteiger charge is -2.06. The largest absolute Gasteiger partial charge is 0.466 e. The molecule has 3 aromatic rings. The zero-order chi connectivity index (χ0) is 18.9. The van der Waals surface area contributed by atoms with Crippen LogP contribution in [0.1, 0.15) is 36.0 Å². The van der Waals surface area contributed by atoms with Crippen LogP contribution in [-0.4, -0.2) is 22.5 Å². The number of hydrogen-bond donors (Lipinski definition) is 2. The number of H-pyrrole nitrogens is 1. The maximum absolute atomic E-state index is 11.4. The maximum atomic E-state index is 11.4. The van der Waals surface area contributed by atoms with E-state index in [-0.39, 0.29) is 5.97 Å².